The molecule has 0 bridgehead atoms. The second kappa shape index (κ2) is 9.00. The molecule has 1 unspecified atom stereocenters. The molecule has 0 aliphatic carbocycles. The molecule has 0 radical (unpaired) electrons. The number of nitrogens with one attached hydrogen (secondary N) is 1. The number of hydrogen-bond donors (Lipinski definition) is 1. The van der Waals surface area contributed by atoms with Crippen molar-refractivity contribution in [3.63, 3.8) is 0 Å². The Balaban J connectivity index is 1.43. The Morgan fingerprint density at radius 3 is 2.81 bits per heavy atom. The van der Waals surface area contributed by atoms with Crippen LogP contribution in [0.1, 0.15) is 24.8 Å². The van der Waals surface area contributed by atoms with Gasteiger partial charge < -0.3 is 14.6 Å². The number of unbranched alkanes of at least 4 members (excludes halogenated alkanes) is 1. The van der Waals surface area contributed by atoms with Crippen LogP contribution in [-0.4, -0.2) is 22.8 Å². The first-order valence-corrected chi connectivity index (χ1v) is 10.5. The number of rotatable bonds is 7. The van der Waals surface area contributed by atoms with Crippen LogP contribution in [0.2, 0.25) is 10.0 Å². The molecule has 0 saturated carbocycles. The summed E-state index contributed by atoms with van der Waals surface area (Å²) in [5, 5.41) is 3.86. The average Bonchev–Trinajstić information content (AvgIpc) is 2.63. The summed E-state index contributed by atoms with van der Waals surface area (Å²) in [5.41, 5.74) is 1.96. The topological polar surface area (TPSA) is 61.4 Å². The summed E-state index contributed by atoms with van der Waals surface area (Å²) in [5.74, 6) is 1.36. The minimum absolute atomic E-state index is 0.0546. The number of carbonyl (C=O) groups excluding carboxylic acids is 1. The first kappa shape index (κ1) is 19.4. The number of halogens is 2. The Kier molecular flexibility index (Phi) is 6.70. The fourth-order valence-electron chi connectivity index (χ4n) is 2.74. The number of ether oxygens (including phenoxy) is 1. The summed E-state index contributed by atoms with van der Waals surface area (Å²) in [4.78, 5) is 11.9. The SMILES string of the molecule is O=C1CCc2cc(OCCCC[S+]([O-])c3cc(Cl)ccc3Cl)ccc2N1. The predicted octanol–water partition coefficient (Wildman–Crippen LogP) is 4.84. The fraction of sp³-hybridized carbons (Fsp3) is 0.316. The number of aryl methyl sites for hydroxylation is 1. The van der Waals surface area contributed by atoms with Gasteiger partial charge in [-0.2, -0.15) is 0 Å². The molecule has 1 atom stereocenters. The Labute approximate surface area is 166 Å². The molecule has 0 spiro atoms. The van der Waals surface area contributed by atoms with Crippen LogP contribution in [0.15, 0.2) is 41.3 Å². The van der Waals surface area contributed by atoms with Crippen LogP contribution < -0.4 is 10.1 Å². The number of carbonyl (C=O) groups is 1. The molecule has 0 fully saturated rings. The highest BCUT2D eigenvalue weighted by molar-refractivity contribution is 7.91. The van der Waals surface area contributed by atoms with Crippen LogP contribution in [0, 0.1) is 0 Å². The van der Waals surface area contributed by atoms with Gasteiger partial charge in [0.1, 0.15) is 11.5 Å². The van der Waals surface area contributed by atoms with Gasteiger partial charge in [0.05, 0.1) is 11.6 Å². The summed E-state index contributed by atoms with van der Waals surface area (Å²) < 4.78 is 18.1. The third-order valence-corrected chi connectivity index (χ3v) is 6.27. The molecule has 1 N–H and O–H groups in total. The van der Waals surface area contributed by atoms with E-state index in [-0.39, 0.29) is 5.91 Å². The zero-order chi connectivity index (χ0) is 18.5. The number of benzene rings is 2. The van der Waals surface area contributed by atoms with Gasteiger partial charge in [0, 0.05) is 23.2 Å². The largest absolute Gasteiger partial charge is 0.611 e. The lowest BCUT2D eigenvalue weighted by molar-refractivity contribution is -0.116. The summed E-state index contributed by atoms with van der Waals surface area (Å²) in [7, 11) is 0. The maximum atomic E-state index is 12.3. The Hall–Kier alpha value is -1.40. The minimum atomic E-state index is -1.17. The van der Waals surface area contributed by atoms with Crippen LogP contribution in [0.5, 0.6) is 5.75 Å². The molecule has 7 heteroatoms. The standard InChI is InChI=1S/C19H19Cl2NO3S/c20-14-4-6-16(21)18(12-14)26(24)10-2-1-9-25-15-5-7-17-13(11-15)3-8-19(23)22-17/h4-7,11-12H,1-3,8-10H2,(H,22,23). The van der Waals surface area contributed by atoms with E-state index >= 15 is 0 Å². The third-order valence-electron chi connectivity index (χ3n) is 4.10. The Morgan fingerprint density at radius 2 is 1.96 bits per heavy atom. The summed E-state index contributed by atoms with van der Waals surface area (Å²) in [6, 6.07) is 10.7. The molecule has 0 aromatic heterocycles. The maximum absolute atomic E-state index is 12.3. The monoisotopic (exact) mass is 411 g/mol. The van der Waals surface area contributed by atoms with Gasteiger partial charge in [-0.05, 0) is 66.3 Å². The van der Waals surface area contributed by atoms with Crippen molar-refractivity contribution in [1.29, 1.82) is 0 Å². The van der Waals surface area contributed by atoms with Gasteiger partial charge in [-0.25, -0.2) is 0 Å². The molecule has 138 valence electrons. The molecule has 2 aromatic carbocycles. The van der Waals surface area contributed by atoms with E-state index in [4.69, 9.17) is 27.9 Å². The predicted molar refractivity (Wildman–Crippen MR) is 106 cm³/mol. The number of anilines is 1. The molecular formula is C19H19Cl2NO3S. The maximum Gasteiger partial charge on any atom is 0.224 e. The van der Waals surface area contributed by atoms with Crippen LogP contribution >= 0.6 is 23.2 Å². The van der Waals surface area contributed by atoms with E-state index in [0.717, 1.165) is 36.3 Å². The average molecular weight is 412 g/mol. The Bertz CT molecular complexity index is 800. The number of amides is 1. The van der Waals surface area contributed by atoms with Crippen LogP contribution in [0.3, 0.4) is 0 Å². The van der Waals surface area contributed by atoms with E-state index in [2.05, 4.69) is 5.32 Å². The third kappa shape index (κ3) is 5.07. The fourth-order valence-corrected chi connectivity index (χ4v) is 4.58. The van der Waals surface area contributed by atoms with E-state index in [1.807, 2.05) is 18.2 Å². The first-order valence-electron chi connectivity index (χ1n) is 8.42. The molecule has 0 saturated heterocycles. The normalized spacial score (nSPS) is 14.5. The highest BCUT2D eigenvalue weighted by Gasteiger charge is 2.16. The van der Waals surface area contributed by atoms with Gasteiger partial charge >= 0.3 is 0 Å². The molecular weight excluding hydrogens is 393 g/mol. The van der Waals surface area contributed by atoms with Gasteiger partial charge in [-0.1, -0.05) is 23.2 Å². The Morgan fingerprint density at radius 1 is 1.12 bits per heavy atom. The smallest absolute Gasteiger partial charge is 0.224 e. The van der Waals surface area contributed by atoms with E-state index < -0.39 is 11.2 Å². The van der Waals surface area contributed by atoms with Crippen molar-refractivity contribution in [2.75, 3.05) is 17.7 Å². The molecule has 1 amide bonds. The van der Waals surface area contributed by atoms with Crippen molar-refractivity contribution in [1.82, 2.24) is 0 Å². The lowest BCUT2D eigenvalue weighted by Crippen LogP contribution is -2.18. The van der Waals surface area contributed by atoms with Gasteiger partial charge in [-0.3, -0.25) is 4.79 Å². The zero-order valence-corrected chi connectivity index (χ0v) is 16.4. The van der Waals surface area contributed by atoms with Gasteiger partial charge in [0.15, 0.2) is 4.90 Å². The highest BCUT2D eigenvalue weighted by atomic mass is 35.5. The number of fused-ring (bicyclic) bond motifs is 1. The molecule has 26 heavy (non-hydrogen) atoms. The van der Waals surface area contributed by atoms with E-state index in [1.54, 1.807) is 18.2 Å². The van der Waals surface area contributed by atoms with Gasteiger partial charge in [-0.15, -0.1) is 0 Å². The lowest BCUT2D eigenvalue weighted by Gasteiger charge is -2.17. The molecule has 1 aliphatic rings. The minimum Gasteiger partial charge on any atom is -0.611 e. The second-order valence-corrected chi connectivity index (χ2v) is 8.43. The van der Waals surface area contributed by atoms with Gasteiger partial charge in [0.25, 0.3) is 0 Å². The second-order valence-electron chi connectivity index (χ2n) is 6.05. The lowest BCUT2D eigenvalue weighted by atomic mass is 10.0. The molecule has 3 rings (SSSR count). The summed E-state index contributed by atoms with van der Waals surface area (Å²) in [6.45, 7) is 0.547. The van der Waals surface area contributed by atoms with Crippen LogP contribution in [0.25, 0.3) is 0 Å². The van der Waals surface area contributed by atoms with Crippen molar-refractivity contribution in [2.24, 2.45) is 0 Å². The van der Waals surface area contributed by atoms with Crippen molar-refractivity contribution in [2.45, 2.75) is 30.6 Å². The number of hydrogen-bond acceptors (Lipinski definition) is 3. The van der Waals surface area contributed by atoms with Crippen molar-refractivity contribution in [3.05, 3.63) is 52.0 Å². The van der Waals surface area contributed by atoms with Crippen molar-refractivity contribution >= 4 is 46.0 Å². The first-order chi connectivity index (χ1) is 12.5. The van der Waals surface area contributed by atoms with Gasteiger partial charge in [0.2, 0.25) is 5.91 Å². The van der Waals surface area contributed by atoms with E-state index in [1.165, 1.54) is 0 Å². The molecule has 1 aliphatic heterocycles. The summed E-state index contributed by atoms with van der Waals surface area (Å²) >= 11 is 10.8. The summed E-state index contributed by atoms with van der Waals surface area (Å²) in [6.07, 6.45) is 2.79. The van der Waals surface area contributed by atoms with Crippen molar-refractivity contribution < 1.29 is 14.1 Å². The molecule has 4 nitrogen and oxygen atoms in total. The molecule has 1 heterocycles. The van der Waals surface area contributed by atoms with Crippen LogP contribution in [0.4, 0.5) is 5.69 Å². The van der Waals surface area contributed by atoms with Crippen molar-refractivity contribution in [3.8, 4) is 5.75 Å². The zero-order valence-electron chi connectivity index (χ0n) is 14.1. The van der Waals surface area contributed by atoms with E-state index in [9.17, 15) is 9.35 Å². The quantitative estimate of drug-likeness (QED) is 0.523. The van der Waals surface area contributed by atoms with Crippen LogP contribution in [-0.2, 0) is 22.4 Å². The highest BCUT2D eigenvalue weighted by Crippen LogP contribution is 2.28. The molecule has 2 aromatic rings. The van der Waals surface area contributed by atoms with E-state index in [0.29, 0.717) is 33.7 Å².